The summed E-state index contributed by atoms with van der Waals surface area (Å²) < 4.78 is 0. The molecule has 4 nitrogen and oxygen atoms in total. The molecule has 1 aliphatic heterocycles. The predicted octanol–water partition coefficient (Wildman–Crippen LogP) is 0.286. The quantitative estimate of drug-likeness (QED) is 0.684. The molecule has 1 saturated carbocycles. The van der Waals surface area contributed by atoms with E-state index in [9.17, 15) is 4.79 Å². The number of rotatable bonds is 3. The molecule has 4 heteroatoms. The Labute approximate surface area is 84.3 Å². The number of carbonyl (C=O) groups is 1. The zero-order valence-electron chi connectivity index (χ0n) is 8.57. The molecule has 2 aliphatic rings. The summed E-state index contributed by atoms with van der Waals surface area (Å²) in [6.45, 7) is 4.04. The van der Waals surface area contributed by atoms with E-state index in [1.165, 1.54) is 12.8 Å². The van der Waals surface area contributed by atoms with Gasteiger partial charge in [-0.1, -0.05) is 0 Å². The van der Waals surface area contributed by atoms with E-state index in [0.717, 1.165) is 19.1 Å². The van der Waals surface area contributed by atoms with E-state index in [0.29, 0.717) is 6.04 Å². The van der Waals surface area contributed by atoms with E-state index >= 15 is 0 Å². The second-order valence-electron chi connectivity index (χ2n) is 4.48. The molecule has 2 N–H and O–H groups in total. The number of nitrogens with zero attached hydrogens (tertiary/aromatic N) is 1. The van der Waals surface area contributed by atoms with Crippen LogP contribution < -0.4 is 5.32 Å². The molecule has 0 aromatic rings. The van der Waals surface area contributed by atoms with Crippen LogP contribution in [0.3, 0.4) is 0 Å². The van der Waals surface area contributed by atoms with Crippen molar-refractivity contribution >= 4 is 5.97 Å². The first-order valence-electron chi connectivity index (χ1n) is 5.37. The second-order valence-corrected chi connectivity index (χ2v) is 4.48. The van der Waals surface area contributed by atoms with Crippen LogP contribution in [0.5, 0.6) is 0 Å². The van der Waals surface area contributed by atoms with E-state index in [1.54, 1.807) is 0 Å². The molecule has 0 radical (unpaired) electrons. The van der Waals surface area contributed by atoms with Gasteiger partial charge in [-0.25, -0.2) is 0 Å². The number of nitrogens with one attached hydrogen (secondary N) is 1. The van der Waals surface area contributed by atoms with Gasteiger partial charge in [-0.2, -0.15) is 0 Å². The fraction of sp³-hybridized carbons (Fsp3) is 0.900. The molecule has 1 saturated heterocycles. The highest BCUT2D eigenvalue weighted by Gasteiger charge is 2.36. The van der Waals surface area contributed by atoms with Crippen LogP contribution in [0.15, 0.2) is 0 Å². The minimum atomic E-state index is -0.701. The van der Waals surface area contributed by atoms with Gasteiger partial charge in [0.1, 0.15) is 0 Å². The highest BCUT2D eigenvalue weighted by molar-refractivity contribution is 5.67. The first kappa shape index (κ1) is 9.93. The van der Waals surface area contributed by atoms with Crippen LogP contribution in [0.2, 0.25) is 0 Å². The predicted molar refractivity (Wildman–Crippen MR) is 53.2 cm³/mol. The Balaban J connectivity index is 1.87. The van der Waals surface area contributed by atoms with Gasteiger partial charge in [0, 0.05) is 31.2 Å². The van der Waals surface area contributed by atoms with Gasteiger partial charge in [0.25, 0.3) is 0 Å². The molecule has 0 spiro atoms. The van der Waals surface area contributed by atoms with Gasteiger partial charge < -0.3 is 10.4 Å². The average molecular weight is 198 g/mol. The summed E-state index contributed by atoms with van der Waals surface area (Å²) in [6, 6.07) is 1.44. The van der Waals surface area contributed by atoms with Gasteiger partial charge in [0.2, 0.25) is 0 Å². The lowest BCUT2D eigenvalue weighted by molar-refractivity contribution is -0.138. The first-order chi connectivity index (χ1) is 6.66. The average Bonchev–Trinajstić information content (AvgIpc) is 2.90. The highest BCUT2D eigenvalue weighted by Crippen LogP contribution is 2.29. The number of piperazine rings is 1. The van der Waals surface area contributed by atoms with Crippen LogP contribution in [0.25, 0.3) is 0 Å². The molecular formula is C10H18N2O2. The third-order valence-electron chi connectivity index (χ3n) is 3.14. The van der Waals surface area contributed by atoms with Crippen molar-refractivity contribution in [1.29, 1.82) is 0 Å². The van der Waals surface area contributed by atoms with Crippen molar-refractivity contribution in [3.63, 3.8) is 0 Å². The molecule has 0 amide bonds. The minimum absolute atomic E-state index is 0.143. The Morgan fingerprint density at radius 2 is 2.29 bits per heavy atom. The molecule has 2 unspecified atom stereocenters. The van der Waals surface area contributed by atoms with Crippen molar-refractivity contribution in [1.82, 2.24) is 10.2 Å². The summed E-state index contributed by atoms with van der Waals surface area (Å²) in [5.74, 6) is -0.701. The highest BCUT2D eigenvalue weighted by atomic mass is 16.4. The van der Waals surface area contributed by atoms with Crippen LogP contribution >= 0.6 is 0 Å². The number of hydrogen-bond donors (Lipinski definition) is 2. The number of hydrogen-bond acceptors (Lipinski definition) is 3. The molecule has 0 aromatic heterocycles. The second kappa shape index (κ2) is 3.87. The van der Waals surface area contributed by atoms with E-state index < -0.39 is 5.97 Å². The fourth-order valence-electron chi connectivity index (χ4n) is 2.22. The molecular weight excluding hydrogens is 180 g/mol. The van der Waals surface area contributed by atoms with Crippen molar-refractivity contribution in [2.45, 2.75) is 44.3 Å². The summed E-state index contributed by atoms with van der Waals surface area (Å²) in [5.41, 5.74) is 0. The monoisotopic (exact) mass is 198 g/mol. The van der Waals surface area contributed by atoms with Crippen molar-refractivity contribution in [2.75, 3.05) is 13.1 Å². The fourth-order valence-corrected chi connectivity index (χ4v) is 2.22. The molecule has 14 heavy (non-hydrogen) atoms. The summed E-state index contributed by atoms with van der Waals surface area (Å²) in [7, 11) is 0. The van der Waals surface area contributed by atoms with Gasteiger partial charge in [0.15, 0.2) is 0 Å². The maximum Gasteiger partial charge on any atom is 0.304 e. The zero-order valence-corrected chi connectivity index (χ0v) is 8.57. The van der Waals surface area contributed by atoms with Gasteiger partial charge in [-0.3, -0.25) is 9.69 Å². The van der Waals surface area contributed by atoms with E-state index in [-0.39, 0.29) is 12.5 Å². The number of carboxylic acids is 1. The maximum atomic E-state index is 10.6. The van der Waals surface area contributed by atoms with Crippen LogP contribution in [-0.4, -0.2) is 47.2 Å². The largest absolute Gasteiger partial charge is 0.481 e. The summed E-state index contributed by atoms with van der Waals surface area (Å²) in [6.07, 6.45) is 2.84. The number of carboxylic acid groups (broad SMARTS) is 1. The molecule has 2 fully saturated rings. The Bertz CT molecular complexity index is 228. The van der Waals surface area contributed by atoms with Crippen molar-refractivity contribution < 1.29 is 9.90 Å². The van der Waals surface area contributed by atoms with Crippen molar-refractivity contribution in [3.8, 4) is 0 Å². The van der Waals surface area contributed by atoms with Crippen LogP contribution in [0.4, 0.5) is 0 Å². The molecule has 2 atom stereocenters. The van der Waals surface area contributed by atoms with Crippen LogP contribution in [-0.2, 0) is 4.79 Å². The Hall–Kier alpha value is -0.610. The topological polar surface area (TPSA) is 52.6 Å². The summed E-state index contributed by atoms with van der Waals surface area (Å²) in [4.78, 5) is 13.0. The summed E-state index contributed by atoms with van der Waals surface area (Å²) in [5, 5.41) is 12.0. The van der Waals surface area contributed by atoms with Gasteiger partial charge >= 0.3 is 5.97 Å². The Kier molecular flexibility index (Phi) is 2.74. The maximum absolute atomic E-state index is 10.6. The smallest absolute Gasteiger partial charge is 0.304 e. The summed E-state index contributed by atoms with van der Waals surface area (Å²) >= 11 is 0. The molecule has 1 aliphatic carbocycles. The molecule has 1 heterocycles. The normalized spacial score (nSPS) is 34.4. The Morgan fingerprint density at radius 1 is 1.57 bits per heavy atom. The molecule has 0 aromatic carbocycles. The SMILES string of the molecule is CC1CNC(CC(=O)O)CN1C1CC1. The number of aliphatic carboxylic acids is 1. The zero-order chi connectivity index (χ0) is 10.1. The first-order valence-corrected chi connectivity index (χ1v) is 5.37. The van der Waals surface area contributed by atoms with E-state index in [4.69, 9.17) is 5.11 Å². The van der Waals surface area contributed by atoms with Gasteiger partial charge in [-0.05, 0) is 19.8 Å². The van der Waals surface area contributed by atoms with Crippen molar-refractivity contribution in [3.05, 3.63) is 0 Å². The molecule has 2 rings (SSSR count). The molecule has 0 bridgehead atoms. The van der Waals surface area contributed by atoms with Crippen LogP contribution in [0, 0.1) is 0 Å². The third kappa shape index (κ3) is 2.25. The van der Waals surface area contributed by atoms with Crippen molar-refractivity contribution in [2.24, 2.45) is 0 Å². The lowest BCUT2D eigenvalue weighted by Gasteiger charge is -2.38. The molecule has 80 valence electrons. The standard InChI is InChI=1S/C10H18N2O2/c1-7-5-11-8(4-10(13)14)6-12(7)9-2-3-9/h7-9,11H,2-6H2,1H3,(H,13,14). The van der Waals surface area contributed by atoms with E-state index in [2.05, 4.69) is 17.1 Å². The third-order valence-corrected chi connectivity index (χ3v) is 3.14. The van der Waals surface area contributed by atoms with Gasteiger partial charge in [0.05, 0.1) is 6.42 Å². The Morgan fingerprint density at radius 3 is 2.86 bits per heavy atom. The van der Waals surface area contributed by atoms with Crippen LogP contribution in [0.1, 0.15) is 26.2 Å². The minimum Gasteiger partial charge on any atom is -0.481 e. The lowest BCUT2D eigenvalue weighted by Crippen LogP contribution is -2.56. The van der Waals surface area contributed by atoms with E-state index in [1.807, 2.05) is 0 Å². The lowest BCUT2D eigenvalue weighted by atomic mass is 10.1. The van der Waals surface area contributed by atoms with Gasteiger partial charge in [-0.15, -0.1) is 0 Å².